The van der Waals surface area contributed by atoms with Crippen LogP contribution in [0.25, 0.3) is 0 Å². The molecule has 1 aliphatic rings. The molecular weight excluding hydrogens is 200 g/mol. The Hall–Kier alpha value is -1.06. The predicted octanol–water partition coefficient (Wildman–Crippen LogP) is 1.63. The van der Waals surface area contributed by atoms with Crippen LogP contribution in [0.15, 0.2) is 30.3 Å². The second-order valence-electron chi connectivity index (χ2n) is 4.47. The molecule has 2 unspecified atom stereocenters. The molecule has 3 nitrogen and oxygen atoms in total. The van der Waals surface area contributed by atoms with Crippen molar-refractivity contribution in [3.63, 3.8) is 0 Å². The Morgan fingerprint density at radius 1 is 1.44 bits per heavy atom. The van der Waals surface area contributed by atoms with Crippen LogP contribution in [-0.4, -0.2) is 31.8 Å². The summed E-state index contributed by atoms with van der Waals surface area (Å²) in [4.78, 5) is 2.27. The van der Waals surface area contributed by atoms with Crippen LogP contribution in [0.2, 0.25) is 0 Å². The third-order valence-corrected chi connectivity index (χ3v) is 3.82. The van der Waals surface area contributed by atoms with Crippen molar-refractivity contribution in [2.24, 2.45) is 5.73 Å². The largest absolute Gasteiger partial charge is 0.376 e. The van der Waals surface area contributed by atoms with Gasteiger partial charge in [0.05, 0.1) is 11.6 Å². The van der Waals surface area contributed by atoms with Gasteiger partial charge in [-0.25, -0.2) is 0 Å². The maximum absolute atomic E-state index is 5.98. The fourth-order valence-electron chi connectivity index (χ4n) is 2.52. The van der Waals surface area contributed by atoms with E-state index in [9.17, 15) is 0 Å². The standard InChI is InChI=1S/C13H20N2O/c1-11-13(10-14,8-9-16-11)15(2)12-6-4-3-5-7-12/h3-7,11H,8-10,14H2,1-2H3. The number of anilines is 1. The lowest BCUT2D eigenvalue weighted by Crippen LogP contribution is -2.57. The second-order valence-corrected chi connectivity index (χ2v) is 4.47. The van der Waals surface area contributed by atoms with E-state index in [1.807, 2.05) is 6.07 Å². The molecule has 1 fully saturated rings. The van der Waals surface area contributed by atoms with Crippen LogP contribution in [0.4, 0.5) is 5.69 Å². The highest BCUT2D eigenvalue weighted by molar-refractivity contribution is 5.49. The summed E-state index contributed by atoms with van der Waals surface area (Å²) in [6, 6.07) is 10.4. The maximum atomic E-state index is 5.98. The Balaban J connectivity index is 2.28. The number of hydrogen-bond acceptors (Lipinski definition) is 3. The van der Waals surface area contributed by atoms with Gasteiger partial charge in [-0.2, -0.15) is 0 Å². The van der Waals surface area contributed by atoms with Crippen LogP contribution >= 0.6 is 0 Å². The van der Waals surface area contributed by atoms with Crippen molar-refractivity contribution >= 4 is 5.69 Å². The van der Waals surface area contributed by atoms with Crippen LogP contribution in [-0.2, 0) is 4.74 Å². The number of hydrogen-bond donors (Lipinski definition) is 1. The number of benzene rings is 1. The number of nitrogens with zero attached hydrogens (tertiary/aromatic N) is 1. The van der Waals surface area contributed by atoms with Gasteiger partial charge in [0.15, 0.2) is 0 Å². The Bertz CT molecular complexity index is 341. The highest BCUT2D eigenvalue weighted by atomic mass is 16.5. The molecular formula is C13H20N2O. The quantitative estimate of drug-likeness (QED) is 0.841. The molecule has 1 aliphatic heterocycles. The van der Waals surface area contributed by atoms with E-state index in [0.29, 0.717) is 6.54 Å². The van der Waals surface area contributed by atoms with Crippen molar-refractivity contribution in [2.45, 2.75) is 25.0 Å². The highest BCUT2D eigenvalue weighted by Crippen LogP contribution is 2.33. The van der Waals surface area contributed by atoms with Crippen LogP contribution < -0.4 is 10.6 Å². The average molecular weight is 220 g/mol. The lowest BCUT2D eigenvalue weighted by Gasteiger charge is -2.41. The first kappa shape index (κ1) is 11.4. The molecule has 2 N–H and O–H groups in total. The molecule has 2 rings (SSSR count). The third-order valence-electron chi connectivity index (χ3n) is 3.82. The number of rotatable bonds is 3. The van der Waals surface area contributed by atoms with E-state index >= 15 is 0 Å². The number of nitrogens with two attached hydrogens (primary N) is 1. The van der Waals surface area contributed by atoms with Crippen LogP contribution in [0, 0.1) is 0 Å². The van der Waals surface area contributed by atoms with E-state index < -0.39 is 0 Å². The minimum absolute atomic E-state index is 0.0542. The van der Waals surface area contributed by atoms with Crippen molar-refractivity contribution in [3.05, 3.63) is 30.3 Å². The molecule has 0 spiro atoms. The molecule has 0 bridgehead atoms. The first-order valence-electron chi connectivity index (χ1n) is 5.81. The van der Waals surface area contributed by atoms with Gasteiger partial charge in [-0.1, -0.05) is 18.2 Å². The summed E-state index contributed by atoms with van der Waals surface area (Å²) in [5.41, 5.74) is 7.12. The monoisotopic (exact) mass is 220 g/mol. The van der Waals surface area contributed by atoms with E-state index in [4.69, 9.17) is 10.5 Å². The molecule has 0 aromatic heterocycles. The molecule has 0 amide bonds. The SMILES string of the molecule is CC1OCCC1(CN)N(C)c1ccccc1. The number of para-hydroxylation sites is 1. The van der Waals surface area contributed by atoms with Gasteiger partial charge in [-0.05, 0) is 25.5 Å². The normalized spacial score (nSPS) is 29.3. The van der Waals surface area contributed by atoms with Crippen molar-refractivity contribution in [3.8, 4) is 0 Å². The molecule has 0 aliphatic carbocycles. The Labute approximate surface area is 97.2 Å². The smallest absolute Gasteiger partial charge is 0.0800 e. The van der Waals surface area contributed by atoms with E-state index in [2.05, 4.69) is 43.1 Å². The van der Waals surface area contributed by atoms with Gasteiger partial charge in [-0.3, -0.25) is 0 Å². The summed E-state index contributed by atoms with van der Waals surface area (Å²) in [5.74, 6) is 0. The summed E-state index contributed by atoms with van der Waals surface area (Å²) >= 11 is 0. The first-order chi connectivity index (χ1) is 7.70. The van der Waals surface area contributed by atoms with Crippen molar-refractivity contribution < 1.29 is 4.74 Å². The summed E-state index contributed by atoms with van der Waals surface area (Å²) < 4.78 is 5.68. The van der Waals surface area contributed by atoms with Gasteiger partial charge in [0.25, 0.3) is 0 Å². The van der Waals surface area contributed by atoms with E-state index in [1.54, 1.807) is 0 Å². The third kappa shape index (κ3) is 1.70. The number of ether oxygens (including phenoxy) is 1. The van der Waals surface area contributed by atoms with Crippen molar-refractivity contribution in [2.75, 3.05) is 25.1 Å². The molecule has 88 valence electrons. The molecule has 0 saturated carbocycles. The van der Waals surface area contributed by atoms with Crippen LogP contribution in [0.1, 0.15) is 13.3 Å². The van der Waals surface area contributed by atoms with Crippen LogP contribution in [0.5, 0.6) is 0 Å². The fourth-order valence-corrected chi connectivity index (χ4v) is 2.52. The van der Waals surface area contributed by atoms with E-state index in [-0.39, 0.29) is 11.6 Å². The Morgan fingerprint density at radius 3 is 2.62 bits per heavy atom. The molecule has 16 heavy (non-hydrogen) atoms. The van der Waals surface area contributed by atoms with Gasteiger partial charge in [-0.15, -0.1) is 0 Å². The Morgan fingerprint density at radius 2 is 2.12 bits per heavy atom. The minimum atomic E-state index is -0.0542. The molecule has 1 heterocycles. The van der Waals surface area contributed by atoms with E-state index in [0.717, 1.165) is 13.0 Å². The molecule has 1 saturated heterocycles. The lowest BCUT2D eigenvalue weighted by molar-refractivity contribution is 0.0961. The van der Waals surface area contributed by atoms with Gasteiger partial charge in [0.2, 0.25) is 0 Å². The molecule has 0 radical (unpaired) electrons. The van der Waals surface area contributed by atoms with Gasteiger partial charge in [0, 0.05) is 25.9 Å². The summed E-state index contributed by atoms with van der Waals surface area (Å²) in [5, 5.41) is 0. The van der Waals surface area contributed by atoms with Crippen molar-refractivity contribution in [1.82, 2.24) is 0 Å². The zero-order valence-electron chi connectivity index (χ0n) is 10.0. The predicted molar refractivity (Wildman–Crippen MR) is 66.7 cm³/mol. The van der Waals surface area contributed by atoms with Gasteiger partial charge in [0.1, 0.15) is 0 Å². The zero-order chi connectivity index (χ0) is 11.6. The van der Waals surface area contributed by atoms with Gasteiger partial charge >= 0.3 is 0 Å². The second kappa shape index (κ2) is 4.44. The Kier molecular flexibility index (Phi) is 3.17. The zero-order valence-corrected chi connectivity index (χ0v) is 10.0. The maximum Gasteiger partial charge on any atom is 0.0800 e. The lowest BCUT2D eigenvalue weighted by atomic mass is 9.89. The summed E-state index contributed by atoms with van der Waals surface area (Å²) in [7, 11) is 2.10. The fraction of sp³-hybridized carbons (Fsp3) is 0.538. The summed E-state index contributed by atoms with van der Waals surface area (Å²) in [6.45, 7) is 3.54. The first-order valence-corrected chi connectivity index (χ1v) is 5.81. The molecule has 1 aromatic rings. The van der Waals surface area contributed by atoms with Gasteiger partial charge < -0.3 is 15.4 Å². The average Bonchev–Trinajstić information content (AvgIpc) is 2.72. The van der Waals surface area contributed by atoms with Crippen molar-refractivity contribution in [1.29, 1.82) is 0 Å². The molecule has 3 heteroatoms. The number of likely N-dealkylation sites (N-methyl/N-ethyl adjacent to an activating group) is 1. The highest BCUT2D eigenvalue weighted by Gasteiger charge is 2.43. The minimum Gasteiger partial charge on any atom is -0.376 e. The van der Waals surface area contributed by atoms with Crippen LogP contribution in [0.3, 0.4) is 0 Å². The molecule has 2 atom stereocenters. The topological polar surface area (TPSA) is 38.5 Å². The molecule has 1 aromatic carbocycles. The summed E-state index contributed by atoms with van der Waals surface area (Å²) in [6.07, 6.45) is 1.18. The van der Waals surface area contributed by atoms with E-state index in [1.165, 1.54) is 5.69 Å².